The van der Waals surface area contributed by atoms with Crippen LogP contribution in [0.3, 0.4) is 0 Å². The molecule has 2 rings (SSSR count). The molecule has 1 saturated carbocycles. The molecule has 0 aromatic carbocycles. The van der Waals surface area contributed by atoms with E-state index in [0.29, 0.717) is 25.3 Å². The van der Waals surface area contributed by atoms with E-state index in [-0.39, 0.29) is 5.91 Å². The van der Waals surface area contributed by atoms with Crippen molar-refractivity contribution in [3.8, 4) is 0 Å². The van der Waals surface area contributed by atoms with Crippen molar-refractivity contribution in [3.05, 3.63) is 0 Å². The molecule has 2 fully saturated rings. The molecule has 0 radical (unpaired) electrons. The Bertz CT molecular complexity index is 299. The number of hydrogen-bond acceptors (Lipinski definition) is 2. The Labute approximate surface area is 102 Å². The summed E-state index contributed by atoms with van der Waals surface area (Å²) in [5, 5.41) is 9.10. The highest BCUT2D eigenvalue weighted by Gasteiger charge is 2.32. The number of aliphatic carboxylic acids is 1. The predicted octanol–water partition coefficient (Wildman–Crippen LogP) is 2.03. The minimum absolute atomic E-state index is 0.0454. The van der Waals surface area contributed by atoms with Gasteiger partial charge in [0.15, 0.2) is 0 Å². The van der Waals surface area contributed by atoms with E-state index in [2.05, 4.69) is 0 Å². The Balaban J connectivity index is 1.84. The van der Waals surface area contributed by atoms with E-state index >= 15 is 0 Å². The molecule has 4 heteroatoms. The van der Waals surface area contributed by atoms with Crippen LogP contribution in [-0.2, 0) is 9.59 Å². The number of carboxylic acid groups (broad SMARTS) is 1. The number of nitrogens with zero attached hydrogens (tertiary/aromatic N) is 1. The van der Waals surface area contributed by atoms with E-state index in [1.54, 1.807) is 4.90 Å². The van der Waals surface area contributed by atoms with Gasteiger partial charge in [0.25, 0.3) is 0 Å². The van der Waals surface area contributed by atoms with Gasteiger partial charge in [0.05, 0.1) is 0 Å². The monoisotopic (exact) mass is 239 g/mol. The maximum absolute atomic E-state index is 12.0. The third-order valence-electron chi connectivity index (χ3n) is 4.10. The van der Waals surface area contributed by atoms with Gasteiger partial charge in [0, 0.05) is 13.0 Å². The molecule has 4 nitrogen and oxygen atoms in total. The van der Waals surface area contributed by atoms with Gasteiger partial charge in [0.1, 0.15) is 6.04 Å². The summed E-state index contributed by atoms with van der Waals surface area (Å²) < 4.78 is 0. The molecule has 1 heterocycles. The van der Waals surface area contributed by atoms with Crippen LogP contribution >= 0.6 is 0 Å². The van der Waals surface area contributed by atoms with Gasteiger partial charge in [-0.25, -0.2) is 4.79 Å². The van der Waals surface area contributed by atoms with E-state index < -0.39 is 12.0 Å². The quantitative estimate of drug-likeness (QED) is 0.816. The number of carbonyl (C=O) groups is 2. The summed E-state index contributed by atoms with van der Waals surface area (Å²) in [4.78, 5) is 24.7. The Hall–Kier alpha value is -1.06. The first-order valence-corrected chi connectivity index (χ1v) is 6.71. The smallest absolute Gasteiger partial charge is 0.326 e. The lowest BCUT2D eigenvalue weighted by atomic mass is 9.82. The van der Waals surface area contributed by atoms with Crippen LogP contribution in [0.25, 0.3) is 0 Å². The molecule has 0 spiro atoms. The second-order valence-electron chi connectivity index (χ2n) is 5.27. The molecule has 0 bridgehead atoms. The van der Waals surface area contributed by atoms with Crippen molar-refractivity contribution in [2.45, 2.75) is 57.4 Å². The van der Waals surface area contributed by atoms with E-state index in [1.807, 2.05) is 0 Å². The summed E-state index contributed by atoms with van der Waals surface area (Å²) in [6.07, 6.45) is 7.74. The van der Waals surface area contributed by atoms with Crippen molar-refractivity contribution < 1.29 is 14.7 Å². The standard InChI is InChI=1S/C13H21NO3/c15-12(8-7-10-4-3-5-10)14-9-2-1-6-11(14)13(16)17/h10-11H,1-9H2,(H,16,17). The van der Waals surface area contributed by atoms with Crippen molar-refractivity contribution in [1.29, 1.82) is 0 Å². The second kappa shape index (κ2) is 5.52. The van der Waals surface area contributed by atoms with Crippen LogP contribution in [0.5, 0.6) is 0 Å². The SMILES string of the molecule is O=C(O)C1CCCCN1C(=O)CCC1CCC1. The van der Waals surface area contributed by atoms with E-state index in [1.165, 1.54) is 19.3 Å². The molecule has 0 aromatic heterocycles. The lowest BCUT2D eigenvalue weighted by molar-refractivity contribution is -0.152. The average Bonchev–Trinajstić information content (AvgIpc) is 2.26. The number of amides is 1. The number of hydrogen-bond donors (Lipinski definition) is 1. The summed E-state index contributed by atoms with van der Waals surface area (Å²) in [5.74, 6) is -0.0855. The first kappa shape index (κ1) is 12.4. The highest BCUT2D eigenvalue weighted by Crippen LogP contribution is 2.31. The average molecular weight is 239 g/mol. The van der Waals surface area contributed by atoms with Gasteiger partial charge in [0.2, 0.25) is 5.91 Å². The molecule has 1 aliphatic carbocycles. The Morgan fingerprint density at radius 2 is 1.88 bits per heavy atom. The van der Waals surface area contributed by atoms with Crippen LogP contribution in [0.15, 0.2) is 0 Å². The molecular weight excluding hydrogens is 218 g/mol. The molecule has 1 amide bonds. The maximum Gasteiger partial charge on any atom is 0.326 e. The van der Waals surface area contributed by atoms with Crippen molar-refractivity contribution >= 4 is 11.9 Å². The van der Waals surface area contributed by atoms with Gasteiger partial charge in [-0.3, -0.25) is 4.79 Å². The van der Waals surface area contributed by atoms with Gasteiger partial charge in [-0.2, -0.15) is 0 Å². The fourth-order valence-corrected chi connectivity index (χ4v) is 2.74. The molecule has 1 atom stereocenters. The Morgan fingerprint density at radius 1 is 1.12 bits per heavy atom. The lowest BCUT2D eigenvalue weighted by Crippen LogP contribution is -2.48. The van der Waals surface area contributed by atoms with Crippen LogP contribution < -0.4 is 0 Å². The van der Waals surface area contributed by atoms with Crippen molar-refractivity contribution in [2.24, 2.45) is 5.92 Å². The fraction of sp³-hybridized carbons (Fsp3) is 0.846. The number of carbonyl (C=O) groups excluding carboxylic acids is 1. The van der Waals surface area contributed by atoms with E-state index in [4.69, 9.17) is 5.11 Å². The Morgan fingerprint density at radius 3 is 2.47 bits per heavy atom. The van der Waals surface area contributed by atoms with E-state index in [9.17, 15) is 9.59 Å². The number of carboxylic acids is 1. The second-order valence-corrected chi connectivity index (χ2v) is 5.27. The van der Waals surface area contributed by atoms with Gasteiger partial charge in [-0.1, -0.05) is 19.3 Å². The normalized spacial score (nSPS) is 25.4. The molecule has 2 aliphatic rings. The number of likely N-dealkylation sites (tertiary alicyclic amines) is 1. The first-order valence-electron chi connectivity index (χ1n) is 6.71. The van der Waals surface area contributed by atoms with Gasteiger partial charge >= 0.3 is 5.97 Å². The molecule has 17 heavy (non-hydrogen) atoms. The minimum atomic E-state index is -0.846. The summed E-state index contributed by atoms with van der Waals surface area (Å²) in [6.45, 7) is 0.625. The zero-order valence-corrected chi connectivity index (χ0v) is 10.2. The third kappa shape index (κ3) is 2.99. The highest BCUT2D eigenvalue weighted by atomic mass is 16.4. The maximum atomic E-state index is 12.0. The lowest BCUT2D eigenvalue weighted by Gasteiger charge is -2.34. The predicted molar refractivity (Wildman–Crippen MR) is 63.6 cm³/mol. The number of piperidine rings is 1. The molecule has 0 aromatic rings. The topological polar surface area (TPSA) is 57.6 Å². The third-order valence-corrected chi connectivity index (χ3v) is 4.10. The van der Waals surface area contributed by atoms with Crippen molar-refractivity contribution in [2.75, 3.05) is 6.54 Å². The minimum Gasteiger partial charge on any atom is -0.480 e. The molecule has 1 saturated heterocycles. The largest absolute Gasteiger partial charge is 0.480 e. The zero-order chi connectivity index (χ0) is 12.3. The zero-order valence-electron chi connectivity index (χ0n) is 10.2. The van der Waals surface area contributed by atoms with Crippen LogP contribution in [-0.4, -0.2) is 34.5 Å². The van der Waals surface area contributed by atoms with Crippen LogP contribution in [0.1, 0.15) is 51.4 Å². The van der Waals surface area contributed by atoms with Crippen LogP contribution in [0.4, 0.5) is 0 Å². The summed E-state index contributed by atoms with van der Waals surface area (Å²) in [5.41, 5.74) is 0. The first-order chi connectivity index (χ1) is 8.18. The summed E-state index contributed by atoms with van der Waals surface area (Å²) in [6, 6.07) is -0.572. The van der Waals surface area contributed by atoms with Crippen molar-refractivity contribution in [3.63, 3.8) is 0 Å². The van der Waals surface area contributed by atoms with Crippen molar-refractivity contribution in [1.82, 2.24) is 4.90 Å². The molecule has 1 aliphatic heterocycles. The molecule has 96 valence electrons. The van der Waals surface area contributed by atoms with Crippen LogP contribution in [0, 0.1) is 5.92 Å². The van der Waals surface area contributed by atoms with Gasteiger partial charge < -0.3 is 10.0 Å². The summed E-state index contributed by atoms with van der Waals surface area (Å²) in [7, 11) is 0. The highest BCUT2D eigenvalue weighted by molar-refractivity contribution is 5.83. The number of rotatable bonds is 4. The molecular formula is C13H21NO3. The van der Waals surface area contributed by atoms with Gasteiger partial charge in [-0.05, 0) is 31.6 Å². The molecule has 1 N–H and O–H groups in total. The molecule has 1 unspecified atom stereocenters. The van der Waals surface area contributed by atoms with E-state index in [0.717, 1.165) is 19.3 Å². The van der Waals surface area contributed by atoms with Gasteiger partial charge in [-0.15, -0.1) is 0 Å². The Kier molecular flexibility index (Phi) is 4.02. The summed E-state index contributed by atoms with van der Waals surface area (Å²) >= 11 is 0. The fourth-order valence-electron chi connectivity index (χ4n) is 2.74. The van der Waals surface area contributed by atoms with Crippen LogP contribution in [0.2, 0.25) is 0 Å².